The first-order chi connectivity index (χ1) is 9.47. The molecule has 0 radical (unpaired) electrons. The van der Waals surface area contributed by atoms with Crippen molar-refractivity contribution >= 4 is 22.7 Å². The smallest absolute Gasteiger partial charge is 0.252 e. The molecular formula is C15H19N3O2. The number of aromatic amines is 1. The fourth-order valence-electron chi connectivity index (χ4n) is 2.15. The molecule has 20 heavy (non-hydrogen) atoms. The molecule has 5 nitrogen and oxygen atoms in total. The van der Waals surface area contributed by atoms with Crippen molar-refractivity contribution in [2.75, 3.05) is 0 Å². The van der Waals surface area contributed by atoms with Crippen LogP contribution in [-0.2, 0) is 4.79 Å². The third kappa shape index (κ3) is 3.17. The second kappa shape index (κ2) is 5.77. The van der Waals surface area contributed by atoms with E-state index in [1.165, 1.54) is 0 Å². The Hall–Kier alpha value is -2.30. The summed E-state index contributed by atoms with van der Waals surface area (Å²) in [6.45, 7) is 3.96. The van der Waals surface area contributed by atoms with Gasteiger partial charge in [0.2, 0.25) is 5.91 Å². The zero-order valence-corrected chi connectivity index (χ0v) is 11.6. The van der Waals surface area contributed by atoms with E-state index in [0.717, 1.165) is 10.9 Å². The molecule has 0 spiro atoms. The highest BCUT2D eigenvalue weighted by molar-refractivity contribution is 6.00. The van der Waals surface area contributed by atoms with Crippen molar-refractivity contribution in [3.8, 4) is 0 Å². The third-order valence-corrected chi connectivity index (χ3v) is 3.17. The quantitative estimate of drug-likeness (QED) is 0.775. The van der Waals surface area contributed by atoms with Crippen LogP contribution in [0.5, 0.6) is 0 Å². The first-order valence-electron chi connectivity index (χ1n) is 6.64. The lowest BCUT2D eigenvalue weighted by Crippen LogP contribution is -2.45. The Labute approximate surface area is 117 Å². The maximum Gasteiger partial charge on any atom is 0.252 e. The van der Waals surface area contributed by atoms with Crippen LogP contribution >= 0.6 is 0 Å². The fourth-order valence-corrected chi connectivity index (χ4v) is 2.15. The molecule has 1 heterocycles. The van der Waals surface area contributed by atoms with Gasteiger partial charge in [0, 0.05) is 17.3 Å². The molecule has 0 fully saturated rings. The standard InChI is InChI=1S/C15H19N3O2/c1-9(2)7-13(14(16)19)18-15(20)11-4-3-10-5-6-17-12(10)8-11/h3-6,8-9,13,17H,7H2,1-2H3,(H2,16,19)(H,18,20)/t13-/m0/s1. The highest BCUT2D eigenvalue weighted by Gasteiger charge is 2.20. The predicted octanol–water partition coefficient (Wildman–Crippen LogP) is 1.80. The monoisotopic (exact) mass is 273 g/mol. The Morgan fingerprint density at radius 1 is 1.30 bits per heavy atom. The minimum Gasteiger partial charge on any atom is -0.368 e. The molecule has 1 aromatic carbocycles. The summed E-state index contributed by atoms with van der Waals surface area (Å²) in [5.74, 6) is -0.516. The Kier molecular flexibility index (Phi) is 4.08. The summed E-state index contributed by atoms with van der Waals surface area (Å²) >= 11 is 0. The molecule has 2 amide bonds. The average Bonchev–Trinajstić information content (AvgIpc) is 2.84. The molecule has 106 valence electrons. The molecular weight excluding hydrogens is 254 g/mol. The summed E-state index contributed by atoms with van der Waals surface area (Å²) < 4.78 is 0. The summed E-state index contributed by atoms with van der Waals surface area (Å²) in [7, 11) is 0. The highest BCUT2D eigenvalue weighted by Crippen LogP contribution is 2.14. The fraction of sp³-hybridized carbons (Fsp3) is 0.333. The van der Waals surface area contributed by atoms with Crippen molar-refractivity contribution in [3.05, 3.63) is 36.0 Å². The molecule has 4 N–H and O–H groups in total. The maximum absolute atomic E-state index is 12.2. The highest BCUT2D eigenvalue weighted by atomic mass is 16.2. The summed E-state index contributed by atoms with van der Waals surface area (Å²) in [6, 6.07) is 6.66. The number of aromatic nitrogens is 1. The summed E-state index contributed by atoms with van der Waals surface area (Å²) in [4.78, 5) is 26.6. The first-order valence-corrected chi connectivity index (χ1v) is 6.64. The van der Waals surface area contributed by atoms with Crippen LogP contribution < -0.4 is 11.1 Å². The van der Waals surface area contributed by atoms with Crippen molar-refractivity contribution in [1.82, 2.24) is 10.3 Å². The number of primary amides is 1. The molecule has 2 aromatic rings. The Morgan fingerprint density at radius 2 is 2.05 bits per heavy atom. The van der Waals surface area contributed by atoms with E-state index in [2.05, 4.69) is 10.3 Å². The van der Waals surface area contributed by atoms with Gasteiger partial charge in [0.15, 0.2) is 0 Å². The first kappa shape index (κ1) is 14.1. The van der Waals surface area contributed by atoms with Crippen molar-refractivity contribution in [1.29, 1.82) is 0 Å². The van der Waals surface area contributed by atoms with Crippen LogP contribution in [0.4, 0.5) is 0 Å². The largest absolute Gasteiger partial charge is 0.368 e. The number of benzene rings is 1. The molecule has 0 unspecified atom stereocenters. The van der Waals surface area contributed by atoms with Crippen LogP contribution in [0, 0.1) is 5.92 Å². The lowest BCUT2D eigenvalue weighted by atomic mass is 10.0. The van der Waals surface area contributed by atoms with Gasteiger partial charge in [0.1, 0.15) is 6.04 Å². The average molecular weight is 273 g/mol. The molecule has 1 atom stereocenters. The van der Waals surface area contributed by atoms with Gasteiger partial charge >= 0.3 is 0 Å². The predicted molar refractivity (Wildman–Crippen MR) is 78.2 cm³/mol. The Balaban J connectivity index is 2.15. The minimum atomic E-state index is -0.637. The van der Waals surface area contributed by atoms with Crippen LogP contribution in [0.25, 0.3) is 10.9 Å². The Morgan fingerprint density at radius 3 is 2.70 bits per heavy atom. The molecule has 0 saturated carbocycles. The molecule has 0 saturated heterocycles. The van der Waals surface area contributed by atoms with Crippen LogP contribution in [-0.4, -0.2) is 22.8 Å². The number of carbonyl (C=O) groups excluding carboxylic acids is 2. The Bertz CT molecular complexity index is 631. The number of hydrogen-bond donors (Lipinski definition) is 3. The number of rotatable bonds is 5. The van der Waals surface area contributed by atoms with E-state index in [4.69, 9.17) is 5.73 Å². The number of fused-ring (bicyclic) bond motifs is 1. The van der Waals surface area contributed by atoms with Gasteiger partial charge < -0.3 is 16.0 Å². The van der Waals surface area contributed by atoms with Crippen molar-refractivity contribution in [2.45, 2.75) is 26.3 Å². The number of hydrogen-bond acceptors (Lipinski definition) is 2. The van der Waals surface area contributed by atoms with E-state index in [9.17, 15) is 9.59 Å². The van der Waals surface area contributed by atoms with E-state index in [0.29, 0.717) is 12.0 Å². The van der Waals surface area contributed by atoms with Crippen molar-refractivity contribution in [2.24, 2.45) is 11.7 Å². The van der Waals surface area contributed by atoms with Crippen LogP contribution in [0.2, 0.25) is 0 Å². The number of nitrogens with one attached hydrogen (secondary N) is 2. The summed E-state index contributed by atoms with van der Waals surface area (Å²) in [5, 5.41) is 3.73. The summed E-state index contributed by atoms with van der Waals surface area (Å²) in [5.41, 5.74) is 6.72. The summed E-state index contributed by atoms with van der Waals surface area (Å²) in [6.07, 6.45) is 2.35. The van der Waals surface area contributed by atoms with E-state index < -0.39 is 11.9 Å². The third-order valence-electron chi connectivity index (χ3n) is 3.17. The number of nitrogens with two attached hydrogens (primary N) is 1. The van der Waals surface area contributed by atoms with Crippen LogP contribution in [0.1, 0.15) is 30.6 Å². The van der Waals surface area contributed by atoms with Gasteiger partial charge in [-0.3, -0.25) is 9.59 Å². The van der Waals surface area contributed by atoms with Gasteiger partial charge in [-0.1, -0.05) is 19.9 Å². The van der Waals surface area contributed by atoms with Crippen molar-refractivity contribution < 1.29 is 9.59 Å². The molecule has 0 bridgehead atoms. The van der Waals surface area contributed by atoms with E-state index in [1.54, 1.807) is 12.1 Å². The maximum atomic E-state index is 12.2. The minimum absolute atomic E-state index is 0.277. The topological polar surface area (TPSA) is 88.0 Å². The number of H-pyrrole nitrogens is 1. The lowest BCUT2D eigenvalue weighted by molar-refractivity contribution is -0.120. The van der Waals surface area contributed by atoms with Crippen molar-refractivity contribution in [3.63, 3.8) is 0 Å². The molecule has 0 aliphatic rings. The zero-order valence-electron chi connectivity index (χ0n) is 11.6. The van der Waals surface area contributed by atoms with Gasteiger partial charge in [-0.25, -0.2) is 0 Å². The second-order valence-corrected chi connectivity index (χ2v) is 5.34. The molecule has 0 aliphatic carbocycles. The van der Waals surface area contributed by atoms with Gasteiger partial charge in [-0.05, 0) is 35.9 Å². The second-order valence-electron chi connectivity index (χ2n) is 5.34. The van der Waals surface area contributed by atoms with Gasteiger partial charge in [0.25, 0.3) is 5.91 Å². The van der Waals surface area contributed by atoms with E-state index in [1.807, 2.05) is 32.2 Å². The molecule has 2 rings (SSSR count). The van der Waals surface area contributed by atoms with Crippen LogP contribution in [0.3, 0.4) is 0 Å². The lowest BCUT2D eigenvalue weighted by Gasteiger charge is -2.17. The SMILES string of the molecule is CC(C)C[C@H](NC(=O)c1ccc2cc[nH]c2c1)C(N)=O. The number of carbonyl (C=O) groups is 2. The van der Waals surface area contributed by atoms with Gasteiger partial charge in [0.05, 0.1) is 0 Å². The molecule has 0 aliphatic heterocycles. The number of amides is 2. The van der Waals surface area contributed by atoms with E-state index in [-0.39, 0.29) is 11.8 Å². The molecule has 1 aromatic heterocycles. The van der Waals surface area contributed by atoms with Crippen LogP contribution in [0.15, 0.2) is 30.5 Å². The van der Waals surface area contributed by atoms with Gasteiger partial charge in [-0.2, -0.15) is 0 Å². The normalized spacial score (nSPS) is 12.6. The molecule has 5 heteroatoms. The van der Waals surface area contributed by atoms with Gasteiger partial charge in [-0.15, -0.1) is 0 Å². The zero-order chi connectivity index (χ0) is 14.7. The van der Waals surface area contributed by atoms with E-state index >= 15 is 0 Å².